The second-order valence-corrected chi connectivity index (χ2v) is 13.6. The molecule has 3 rings (SSSR count). The highest BCUT2D eigenvalue weighted by Gasteiger charge is 2.52. The van der Waals surface area contributed by atoms with Crippen molar-refractivity contribution in [3.63, 3.8) is 0 Å². The first kappa shape index (κ1) is 25.4. The van der Waals surface area contributed by atoms with E-state index in [0.29, 0.717) is 13.0 Å². The second-order valence-electron chi connectivity index (χ2n) is 9.57. The third-order valence-electron chi connectivity index (χ3n) is 6.61. The monoisotopic (exact) mass is 462 g/mol. The van der Waals surface area contributed by atoms with Crippen LogP contribution in [-0.4, -0.2) is 39.0 Å². The van der Waals surface area contributed by atoms with Gasteiger partial charge in [-0.1, -0.05) is 105 Å². The van der Waals surface area contributed by atoms with Gasteiger partial charge in [0.15, 0.2) is 0 Å². The highest BCUT2D eigenvalue weighted by atomic mass is 28.4. The highest BCUT2D eigenvalue weighted by molar-refractivity contribution is 6.73. The zero-order chi connectivity index (χ0) is 23.9. The van der Waals surface area contributed by atoms with Gasteiger partial charge in [-0.2, -0.15) is 0 Å². The summed E-state index contributed by atoms with van der Waals surface area (Å²) in [7, 11) is -0.651. The Morgan fingerprint density at radius 3 is 1.48 bits per heavy atom. The number of ether oxygens (including phenoxy) is 1. The molecule has 0 saturated carbocycles. The molecule has 1 N–H and O–H groups in total. The Labute approximate surface area is 200 Å². The maximum Gasteiger partial charge on any atom is 0.216 e. The maximum absolute atomic E-state index is 10.3. The molecular formula is C29H38O3Si. The number of hydrogen-bond acceptors (Lipinski definition) is 3. The lowest BCUT2D eigenvalue weighted by atomic mass is 9.69. The Hall–Kier alpha value is -2.24. The Bertz CT molecular complexity index is 861. The first-order chi connectivity index (χ1) is 15.8. The van der Waals surface area contributed by atoms with Crippen molar-refractivity contribution in [1.82, 2.24) is 0 Å². The van der Waals surface area contributed by atoms with E-state index in [1.54, 1.807) is 7.11 Å². The molecule has 0 aromatic heterocycles. The standard InChI is InChI=1S/C29H38O3Si/c1-23(2)27(30)21-22-32-33(4,5)28(31-3)29(24-15-9-6-10-16-24,25-17-11-7-12-18-25)26-19-13-8-14-20-26/h6-20,23,27-28,30H,21-22H2,1-5H3/t27-,28-/m1/s1. The molecule has 0 heterocycles. The number of benzene rings is 3. The summed E-state index contributed by atoms with van der Waals surface area (Å²) in [6, 6.07) is 31.9. The molecule has 0 amide bonds. The van der Waals surface area contributed by atoms with Crippen LogP contribution in [-0.2, 0) is 14.6 Å². The minimum Gasteiger partial charge on any atom is -0.415 e. The van der Waals surface area contributed by atoms with Crippen molar-refractivity contribution in [1.29, 1.82) is 0 Å². The van der Waals surface area contributed by atoms with Gasteiger partial charge in [0.2, 0.25) is 8.32 Å². The largest absolute Gasteiger partial charge is 0.415 e. The van der Waals surface area contributed by atoms with E-state index in [2.05, 4.69) is 104 Å². The van der Waals surface area contributed by atoms with Crippen LogP contribution in [0.1, 0.15) is 37.0 Å². The molecule has 0 unspecified atom stereocenters. The number of hydrogen-bond donors (Lipinski definition) is 1. The van der Waals surface area contributed by atoms with Gasteiger partial charge in [-0.3, -0.25) is 0 Å². The number of aliphatic hydroxyl groups excluding tert-OH is 1. The van der Waals surface area contributed by atoms with Crippen molar-refractivity contribution in [2.75, 3.05) is 13.7 Å². The first-order valence-corrected chi connectivity index (χ1v) is 14.8. The third-order valence-corrected chi connectivity index (χ3v) is 9.48. The van der Waals surface area contributed by atoms with Crippen LogP contribution >= 0.6 is 0 Å². The molecule has 176 valence electrons. The van der Waals surface area contributed by atoms with Crippen molar-refractivity contribution in [3.05, 3.63) is 108 Å². The smallest absolute Gasteiger partial charge is 0.216 e. The maximum atomic E-state index is 10.3. The fourth-order valence-corrected chi connectivity index (χ4v) is 7.80. The van der Waals surface area contributed by atoms with E-state index in [-0.39, 0.29) is 17.7 Å². The topological polar surface area (TPSA) is 38.7 Å². The average Bonchev–Trinajstić information content (AvgIpc) is 2.83. The number of rotatable bonds is 11. The summed E-state index contributed by atoms with van der Waals surface area (Å²) < 4.78 is 13.1. The van der Waals surface area contributed by atoms with Crippen molar-refractivity contribution in [2.24, 2.45) is 5.92 Å². The molecule has 0 radical (unpaired) electrons. The predicted octanol–water partition coefficient (Wildman–Crippen LogP) is 6.20. The molecule has 33 heavy (non-hydrogen) atoms. The minimum absolute atomic E-state index is 0.201. The minimum atomic E-state index is -2.45. The van der Waals surface area contributed by atoms with E-state index < -0.39 is 13.7 Å². The molecule has 0 bridgehead atoms. The molecule has 0 aliphatic rings. The fourth-order valence-electron chi connectivity index (χ4n) is 4.89. The summed E-state index contributed by atoms with van der Waals surface area (Å²) >= 11 is 0. The first-order valence-electron chi connectivity index (χ1n) is 11.9. The van der Waals surface area contributed by atoms with E-state index in [9.17, 15) is 5.11 Å². The highest BCUT2D eigenvalue weighted by Crippen LogP contribution is 2.46. The number of aliphatic hydroxyl groups is 1. The zero-order valence-electron chi connectivity index (χ0n) is 20.6. The molecule has 3 nitrogen and oxygen atoms in total. The van der Waals surface area contributed by atoms with Gasteiger partial charge in [0.1, 0.15) is 0 Å². The van der Waals surface area contributed by atoms with Gasteiger partial charge in [0, 0.05) is 13.7 Å². The SMILES string of the molecule is CO[C@@H](C(c1ccccc1)(c1ccccc1)c1ccccc1)[Si](C)(C)OCC[C@@H](O)C(C)C. The van der Waals surface area contributed by atoms with Crippen LogP contribution in [0.5, 0.6) is 0 Å². The third kappa shape index (κ3) is 5.47. The van der Waals surface area contributed by atoms with Gasteiger partial charge >= 0.3 is 0 Å². The average molecular weight is 463 g/mol. The van der Waals surface area contributed by atoms with Crippen LogP contribution < -0.4 is 0 Å². The molecule has 3 aromatic carbocycles. The van der Waals surface area contributed by atoms with Crippen LogP contribution in [0.3, 0.4) is 0 Å². The summed E-state index contributed by atoms with van der Waals surface area (Å²) in [5, 5.41) is 10.3. The predicted molar refractivity (Wildman–Crippen MR) is 139 cm³/mol. The van der Waals surface area contributed by atoms with E-state index in [1.165, 1.54) is 16.7 Å². The lowest BCUT2D eigenvalue weighted by Crippen LogP contribution is -2.59. The lowest BCUT2D eigenvalue weighted by molar-refractivity contribution is 0.0749. The van der Waals surface area contributed by atoms with Crippen LogP contribution in [0.2, 0.25) is 13.1 Å². The summed E-state index contributed by atoms with van der Waals surface area (Å²) in [5.41, 5.74) is 2.81. The van der Waals surface area contributed by atoms with Crippen molar-refractivity contribution < 1.29 is 14.3 Å². The van der Waals surface area contributed by atoms with E-state index >= 15 is 0 Å². The van der Waals surface area contributed by atoms with Gasteiger partial charge in [0.05, 0.1) is 17.2 Å². The normalized spacial score (nSPS) is 14.3. The summed E-state index contributed by atoms with van der Waals surface area (Å²) in [5.74, 6) is 0.216. The summed E-state index contributed by atoms with van der Waals surface area (Å²) in [6.45, 7) is 9.05. The van der Waals surface area contributed by atoms with Gasteiger partial charge < -0.3 is 14.3 Å². The number of methoxy groups -OCH3 is 1. The molecule has 0 aliphatic carbocycles. The zero-order valence-corrected chi connectivity index (χ0v) is 21.6. The Balaban J connectivity index is 2.17. The van der Waals surface area contributed by atoms with Crippen molar-refractivity contribution in [2.45, 2.75) is 50.6 Å². The molecule has 2 atom stereocenters. The van der Waals surface area contributed by atoms with Crippen molar-refractivity contribution >= 4 is 8.32 Å². The van der Waals surface area contributed by atoms with Gasteiger partial charge in [0.25, 0.3) is 0 Å². The van der Waals surface area contributed by atoms with Crippen LogP contribution in [0.4, 0.5) is 0 Å². The lowest BCUT2D eigenvalue weighted by Gasteiger charge is -2.47. The van der Waals surface area contributed by atoms with Gasteiger partial charge in [-0.05, 0) is 42.1 Å². The molecular weight excluding hydrogens is 424 g/mol. The van der Waals surface area contributed by atoms with Gasteiger partial charge in [-0.15, -0.1) is 0 Å². The molecule has 0 saturated heterocycles. The molecule has 4 heteroatoms. The van der Waals surface area contributed by atoms with E-state index in [1.807, 2.05) is 13.8 Å². The summed E-state index contributed by atoms with van der Waals surface area (Å²) in [6.07, 6.45) is 0.262. The van der Waals surface area contributed by atoms with Gasteiger partial charge in [-0.25, -0.2) is 0 Å². The van der Waals surface area contributed by atoms with Crippen molar-refractivity contribution in [3.8, 4) is 0 Å². The molecule has 0 fully saturated rings. The van der Waals surface area contributed by atoms with Crippen LogP contribution in [0, 0.1) is 5.92 Å². The molecule has 0 spiro atoms. The summed E-state index contributed by atoms with van der Waals surface area (Å²) in [4.78, 5) is 0. The van der Waals surface area contributed by atoms with Crippen LogP contribution in [0.15, 0.2) is 91.0 Å². The van der Waals surface area contributed by atoms with Crippen LogP contribution in [0.25, 0.3) is 0 Å². The molecule has 3 aromatic rings. The Kier molecular flexibility index (Phi) is 8.66. The quantitative estimate of drug-likeness (QED) is 0.272. The van der Waals surface area contributed by atoms with E-state index in [4.69, 9.17) is 9.16 Å². The van der Waals surface area contributed by atoms with E-state index in [0.717, 1.165) is 0 Å². The Morgan fingerprint density at radius 2 is 1.15 bits per heavy atom. The second kappa shape index (κ2) is 11.3. The fraction of sp³-hybridized carbons (Fsp3) is 0.379. The molecule has 0 aliphatic heterocycles. The Morgan fingerprint density at radius 1 is 0.758 bits per heavy atom.